The molecule has 1 fully saturated rings. The predicted octanol–water partition coefficient (Wildman–Crippen LogP) is 3.20. The molecule has 1 N–H and O–H groups in total. The maximum Gasteiger partial charge on any atom is 0.252 e. The first-order valence-electron chi connectivity index (χ1n) is 9.40. The number of nitrogens with zero attached hydrogens (tertiary/aromatic N) is 1. The van der Waals surface area contributed by atoms with E-state index in [1.54, 1.807) is 0 Å². The zero-order valence-corrected chi connectivity index (χ0v) is 15.7. The molecular formula is C21H24N2O2S. The molecule has 1 aromatic heterocycles. The highest BCUT2D eigenvalue weighted by atomic mass is 32.1. The predicted molar refractivity (Wildman–Crippen MR) is 104 cm³/mol. The number of rotatable bonds is 4. The van der Waals surface area contributed by atoms with Crippen LogP contribution in [-0.2, 0) is 24.1 Å². The van der Waals surface area contributed by atoms with E-state index in [0.717, 1.165) is 43.5 Å². The number of carbonyl (C=O) groups excluding carboxylic acids is 2. The van der Waals surface area contributed by atoms with E-state index >= 15 is 0 Å². The Kier molecular flexibility index (Phi) is 5.07. The van der Waals surface area contributed by atoms with Crippen LogP contribution in [0.3, 0.4) is 0 Å². The van der Waals surface area contributed by atoms with Crippen LogP contribution < -0.4 is 5.32 Å². The number of piperidine rings is 1. The van der Waals surface area contributed by atoms with E-state index in [-0.39, 0.29) is 17.9 Å². The summed E-state index contributed by atoms with van der Waals surface area (Å²) >= 11 is 1.53. The highest BCUT2D eigenvalue weighted by Crippen LogP contribution is 2.23. The van der Waals surface area contributed by atoms with Crippen molar-refractivity contribution in [3.8, 4) is 0 Å². The van der Waals surface area contributed by atoms with Crippen molar-refractivity contribution in [3.63, 3.8) is 0 Å². The average Bonchev–Trinajstić information content (AvgIpc) is 3.33. The number of nitrogens with one attached hydrogen (secondary N) is 1. The third-order valence-electron chi connectivity index (χ3n) is 5.48. The molecule has 0 bridgehead atoms. The SMILES string of the molecule is O=C(NC1CCN(C(=O)Cc2ccc3c(c2)CCC3)CC1)c1ccsc1. The van der Waals surface area contributed by atoms with Gasteiger partial charge >= 0.3 is 0 Å². The van der Waals surface area contributed by atoms with Gasteiger partial charge in [-0.25, -0.2) is 0 Å². The van der Waals surface area contributed by atoms with Gasteiger partial charge in [0, 0.05) is 30.1 Å². The summed E-state index contributed by atoms with van der Waals surface area (Å²) in [6, 6.07) is 8.52. The van der Waals surface area contributed by atoms with E-state index in [1.807, 2.05) is 21.7 Å². The molecule has 1 aliphatic heterocycles. The molecule has 0 atom stereocenters. The Morgan fingerprint density at radius 1 is 1.12 bits per heavy atom. The van der Waals surface area contributed by atoms with Crippen LogP contribution in [0.2, 0.25) is 0 Å². The van der Waals surface area contributed by atoms with Crippen LogP contribution in [-0.4, -0.2) is 35.8 Å². The van der Waals surface area contributed by atoms with Crippen LogP contribution in [0.25, 0.3) is 0 Å². The highest BCUT2D eigenvalue weighted by molar-refractivity contribution is 7.08. The van der Waals surface area contributed by atoms with Crippen LogP contribution in [0.1, 0.15) is 46.3 Å². The van der Waals surface area contributed by atoms with Gasteiger partial charge in [0.25, 0.3) is 5.91 Å². The van der Waals surface area contributed by atoms with Crippen LogP contribution in [0.4, 0.5) is 0 Å². The van der Waals surface area contributed by atoms with Crippen LogP contribution in [0.5, 0.6) is 0 Å². The first-order chi connectivity index (χ1) is 12.7. The fourth-order valence-electron chi connectivity index (χ4n) is 3.96. The fourth-order valence-corrected chi connectivity index (χ4v) is 4.59. The molecule has 1 aromatic carbocycles. The quantitative estimate of drug-likeness (QED) is 0.901. The maximum absolute atomic E-state index is 12.6. The van der Waals surface area contributed by atoms with Gasteiger partial charge in [-0.1, -0.05) is 18.2 Å². The minimum absolute atomic E-state index is 0.00540. The monoisotopic (exact) mass is 368 g/mol. The molecule has 2 heterocycles. The Balaban J connectivity index is 1.27. The summed E-state index contributed by atoms with van der Waals surface area (Å²) in [5.74, 6) is 0.194. The molecule has 4 nitrogen and oxygen atoms in total. The van der Waals surface area contributed by atoms with Crippen molar-refractivity contribution >= 4 is 23.2 Å². The maximum atomic E-state index is 12.6. The summed E-state index contributed by atoms with van der Waals surface area (Å²) in [6.07, 6.45) is 5.69. The summed E-state index contributed by atoms with van der Waals surface area (Å²) in [7, 11) is 0. The molecule has 5 heteroatoms. The standard InChI is InChI=1S/C21H24N2O2S/c24-20(13-15-4-5-16-2-1-3-17(16)12-15)23-9-6-19(7-10-23)22-21(25)18-8-11-26-14-18/h4-5,8,11-12,14,19H,1-3,6-7,9-10,13H2,(H,22,25). The number of likely N-dealkylation sites (tertiary alicyclic amines) is 1. The lowest BCUT2D eigenvalue weighted by atomic mass is 10.0. The minimum atomic E-state index is -0.00540. The highest BCUT2D eigenvalue weighted by Gasteiger charge is 2.24. The van der Waals surface area contributed by atoms with Gasteiger partial charge in [0.05, 0.1) is 6.42 Å². The van der Waals surface area contributed by atoms with Crippen LogP contribution >= 0.6 is 11.3 Å². The topological polar surface area (TPSA) is 49.4 Å². The van der Waals surface area contributed by atoms with Crippen molar-refractivity contribution in [3.05, 3.63) is 57.3 Å². The van der Waals surface area contributed by atoms with E-state index in [4.69, 9.17) is 0 Å². The molecule has 2 aliphatic rings. The average molecular weight is 369 g/mol. The van der Waals surface area contributed by atoms with Gasteiger partial charge in [0.2, 0.25) is 5.91 Å². The van der Waals surface area contributed by atoms with E-state index in [0.29, 0.717) is 6.42 Å². The molecule has 1 aliphatic carbocycles. The van der Waals surface area contributed by atoms with E-state index in [2.05, 4.69) is 23.5 Å². The second-order valence-corrected chi connectivity index (χ2v) is 8.05. The number of thiophene rings is 1. The number of hydrogen-bond donors (Lipinski definition) is 1. The van der Waals surface area contributed by atoms with Crippen molar-refractivity contribution in [2.24, 2.45) is 0 Å². The van der Waals surface area contributed by atoms with E-state index < -0.39 is 0 Å². The number of amides is 2. The Hall–Kier alpha value is -2.14. The Morgan fingerprint density at radius 3 is 2.69 bits per heavy atom. The summed E-state index contributed by atoms with van der Waals surface area (Å²) in [5.41, 5.74) is 4.72. The summed E-state index contributed by atoms with van der Waals surface area (Å²) in [5, 5.41) is 6.87. The molecule has 2 amide bonds. The Labute approximate surface area is 158 Å². The smallest absolute Gasteiger partial charge is 0.252 e. The third-order valence-corrected chi connectivity index (χ3v) is 6.17. The fraction of sp³-hybridized carbons (Fsp3) is 0.429. The van der Waals surface area contributed by atoms with Crippen LogP contribution in [0.15, 0.2) is 35.0 Å². The molecule has 0 unspecified atom stereocenters. The summed E-state index contributed by atoms with van der Waals surface area (Å²) in [4.78, 5) is 26.7. The first kappa shape index (κ1) is 17.3. The van der Waals surface area contributed by atoms with Crippen molar-refractivity contribution in [1.29, 1.82) is 0 Å². The lowest BCUT2D eigenvalue weighted by Crippen LogP contribution is -2.46. The summed E-state index contributed by atoms with van der Waals surface area (Å²) in [6.45, 7) is 1.44. The molecular weight excluding hydrogens is 344 g/mol. The van der Waals surface area contributed by atoms with Gasteiger partial charge in [-0.15, -0.1) is 0 Å². The number of carbonyl (C=O) groups is 2. The van der Waals surface area contributed by atoms with Gasteiger partial charge < -0.3 is 10.2 Å². The minimum Gasteiger partial charge on any atom is -0.349 e. The largest absolute Gasteiger partial charge is 0.349 e. The van der Waals surface area contributed by atoms with Gasteiger partial charge in [0.1, 0.15) is 0 Å². The van der Waals surface area contributed by atoms with Crippen molar-refractivity contribution in [2.45, 2.75) is 44.6 Å². The zero-order chi connectivity index (χ0) is 17.9. The molecule has 0 radical (unpaired) electrons. The van der Waals surface area contributed by atoms with E-state index in [9.17, 15) is 9.59 Å². The van der Waals surface area contributed by atoms with Gasteiger partial charge in [0.15, 0.2) is 0 Å². The molecule has 0 saturated carbocycles. The molecule has 0 spiro atoms. The second kappa shape index (κ2) is 7.62. The van der Waals surface area contributed by atoms with Gasteiger partial charge in [-0.3, -0.25) is 9.59 Å². The van der Waals surface area contributed by atoms with Crippen molar-refractivity contribution in [2.75, 3.05) is 13.1 Å². The number of benzene rings is 1. The molecule has 136 valence electrons. The summed E-state index contributed by atoms with van der Waals surface area (Å²) < 4.78 is 0. The Morgan fingerprint density at radius 2 is 1.92 bits per heavy atom. The van der Waals surface area contributed by atoms with Gasteiger partial charge in [-0.2, -0.15) is 11.3 Å². The van der Waals surface area contributed by atoms with Crippen LogP contribution in [0, 0.1) is 0 Å². The van der Waals surface area contributed by atoms with Crippen molar-refractivity contribution in [1.82, 2.24) is 10.2 Å². The third kappa shape index (κ3) is 3.83. The van der Waals surface area contributed by atoms with Crippen molar-refractivity contribution < 1.29 is 9.59 Å². The number of hydrogen-bond acceptors (Lipinski definition) is 3. The number of aryl methyl sites for hydroxylation is 2. The van der Waals surface area contributed by atoms with Gasteiger partial charge in [-0.05, 0) is 60.2 Å². The molecule has 4 rings (SSSR count). The normalized spacial score (nSPS) is 17.2. The zero-order valence-electron chi connectivity index (χ0n) is 14.9. The molecule has 26 heavy (non-hydrogen) atoms. The molecule has 2 aromatic rings. The lowest BCUT2D eigenvalue weighted by Gasteiger charge is -2.32. The number of fused-ring (bicyclic) bond motifs is 1. The Bertz CT molecular complexity index is 792. The van der Waals surface area contributed by atoms with E-state index in [1.165, 1.54) is 35.3 Å². The first-order valence-corrected chi connectivity index (χ1v) is 10.3. The second-order valence-electron chi connectivity index (χ2n) is 7.27. The lowest BCUT2D eigenvalue weighted by molar-refractivity contribution is -0.131. The molecule has 1 saturated heterocycles.